The van der Waals surface area contributed by atoms with E-state index in [-0.39, 0.29) is 0 Å². The SMILES string of the molecule is Cn1nc(/N=C/c2ccccc2)nc1SCc1ccccc1. The van der Waals surface area contributed by atoms with E-state index in [0.29, 0.717) is 5.95 Å². The number of thioether (sulfide) groups is 1. The lowest BCUT2D eigenvalue weighted by Gasteiger charge is -1.99. The van der Waals surface area contributed by atoms with E-state index in [0.717, 1.165) is 16.5 Å². The van der Waals surface area contributed by atoms with Gasteiger partial charge in [-0.05, 0) is 11.1 Å². The van der Waals surface area contributed by atoms with Gasteiger partial charge in [0.05, 0.1) is 0 Å². The Labute approximate surface area is 133 Å². The molecule has 0 N–H and O–H groups in total. The lowest BCUT2D eigenvalue weighted by molar-refractivity contribution is 0.685. The number of aromatic nitrogens is 3. The minimum atomic E-state index is 0.488. The van der Waals surface area contributed by atoms with Crippen LogP contribution in [0.2, 0.25) is 0 Å². The highest BCUT2D eigenvalue weighted by Gasteiger charge is 2.06. The second kappa shape index (κ2) is 7.04. The molecular formula is C17H16N4S. The van der Waals surface area contributed by atoms with Crippen molar-refractivity contribution in [1.29, 1.82) is 0 Å². The first kappa shape index (κ1) is 14.5. The van der Waals surface area contributed by atoms with Crippen LogP contribution in [0.15, 0.2) is 70.8 Å². The van der Waals surface area contributed by atoms with Crippen LogP contribution in [0.5, 0.6) is 0 Å². The highest BCUT2D eigenvalue weighted by Crippen LogP contribution is 2.22. The Bertz CT molecular complexity index is 751. The van der Waals surface area contributed by atoms with Crippen molar-refractivity contribution >= 4 is 23.9 Å². The standard InChI is InChI=1S/C17H16N4S/c1-21-17(22-13-15-10-6-3-7-11-15)19-16(20-21)18-12-14-8-4-2-5-9-14/h2-12H,13H2,1H3/b18-12+. The van der Waals surface area contributed by atoms with Gasteiger partial charge in [-0.3, -0.25) is 0 Å². The van der Waals surface area contributed by atoms with Crippen LogP contribution in [-0.4, -0.2) is 21.0 Å². The molecule has 110 valence electrons. The zero-order chi connectivity index (χ0) is 15.2. The highest BCUT2D eigenvalue weighted by atomic mass is 32.2. The minimum Gasteiger partial charge on any atom is -0.242 e. The molecule has 0 amide bonds. The first-order valence-corrected chi connectivity index (χ1v) is 7.97. The molecule has 0 spiro atoms. The van der Waals surface area contributed by atoms with Gasteiger partial charge in [-0.2, -0.15) is 4.98 Å². The van der Waals surface area contributed by atoms with Crippen LogP contribution in [0.4, 0.5) is 5.95 Å². The summed E-state index contributed by atoms with van der Waals surface area (Å²) >= 11 is 1.66. The number of aliphatic imine (C=N–C) groups is 1. The molecule has 4 nitrogen and oxygen atoms in total. The Morgan fingerprint density at radius 1 is 1.05 bits per heavy atom. The normalized spacial score (nSPS) is 11.1. The van der Waals surface area contributed by atoms with E-state index in [1.54, 1.807) is 22.7 Å². The predicted octanol–water partition coefficient (Wildman–Crippen LogP) is 3.86. The van der Waals surface area contributed by atoms with Crippen LogP contribution < -0.4 is 0 Å². The van der Waals surface area contributed by atoms with Crippen molar-refractivity contribution in [3.8, 4) is 0 Å². The molecule has 3 rings (SSSR count). The molecule has 0 aliphatic carbocycles. The van der Waals surface area contributed by atoms with E-state index < -0.39 is 0 Å². The maximum absolute atomic E-state index is 4.46. The Morgan fingerprint density at radius 3 is 2.45 bits per heavy atom. The molecule has 3 aromatic rings. The lowest BCUT2D eigenvalue weighted by Crippen LogP contribution is -1.93. The van der Waals surface area contributed by atoms with Gasteiger partial charge in [0.2, 0.25) is 0 Å². The van der Waals surface area contributed by atoms with E-state index in [4.69, 9.17) is 0 Å². The number of aryl methyl sites for hydroxylation is 1. The first-order valence-electron chi connectivity index (χ1n) is 6.98. The van der Waals surface area contributed by atoms with Gasteiger partial charge < -0.3 is 0 Å². The van der Waals surface area contributed by atoms with Gasteiger partial charge in [0.1, 0.15) is 0 Å². The van der Waals surface area contributed by atoms with E-state index in [1.807, 2.05) is 55.6 Å². The summed E-state index contributed by atoms with van der Waals surface area (Å²) in [5.41, 5.74) is 2.30. The average Bonchev–Trinajstić information content (AvgIpc) is 2.93. The van der Waals surface area contributed by atoms with Crippen LogP contribution in [0, 0.1) is 0 Å². The highest BCUT2D eigenvalue weighted by molar-refractivity contribution is 7.98. The summed E-state index contributed by atoms with van der Waals surface area (Å²) in [6.07, 6.45) is 1.78. The van der Waals surface area contributed by atoms with Crippen LogP contribution in [0.25, 0.3) is 0 Å². The fraction of sp³-hybridized carbons (Fsp3) is 0.118. The molecule has 0 fully saturated rings. The third-order valence-electron chi connectivity index (χ3n) is 3.05. The molecule has 0 aliphatic heterocycles. The summed E-state index contributed by atoms with van der Waals surface area (Å²) in [6, 6.07) is 20.3. The zero-order valence-corrected chi connectivity index (χ0v) is 13.1. The van der Waals surface area contributed by atoms with E-state index in [9.17, 15) is 0 Å². The summed E-state index contributed by atoms with van der Waals surface area (Å²) in [4.78, 5) is 8.79. The summed E-state index contributed by atoms with van der Waals surface area (Å²) in [7, 11) is 1.89. The smallest absolute Gasteiger partial charge is 0.242 e. The van der Waals surface area contributed by atoms with Gasteiger partial charge >= 0.3 is 0 Å². The zero-order valence-electron chi connectivity index (χ0n) is 12.3. The van der Waals surface area contributed by atoms with Gasteiger partial charge in [-0.1, -0.05) is 72.4 Å². The molecule has 0 bridgehead atoms. The number of nitrogens with zero attached hydrogens (tertiary/aromatic N) is 4. The van der Waals surface area contributed by atoms with Crippen molar-refractivity contribution in [2.75, 3.05) is 0 Å². The quantitative estimate of drug-likeness (QED) is 0.531. The van der Waals surface area contributed by atoms with Gasteiger partial charge in [0.25, 0.3) is 5.95 Å². The molecule has 0 saturated carbocycles. The molecule has 0 unspecified atom stereocenters. The molecular weight excluding hydrogens is 292 g/mol. The van der Waals surface area contributed by atoms with Crippen molar-refractivity contribution in [1.82, 2.24) is 14.8 Å². The van der Waals surface area contributed by atoms with Gasteiger partial charge in [-0.25, -0.2) is 9.67 Å². The molecule has 0 aliphatic rings. The molecule has 2 aromatic carbocycles. The molecule has 0 radical (unpaired) electrons. The number of hydrogen-bond acceptors (Lipinski definition) is 4. The molecule has 1 heterocycles. The molecule has 5 heteroatoms. The van der Waals surface area contributed by atoms with Crippen LogP contribution in [0.3, 0.4) is 0 Å². The van der Waals surface area contributed by atoms with E-state index in [2.05, 4.69) is 27.2 Å². The third kappa shape index (κ3) is 3.83. The Morgan fingerprint density at radius 2 is 1.73 bits per heavy atom. The van der Waals surface area contributed by atoms with E-state index in [1.165, 1.54) is 5.56 Å². The second-order valence-electron chi connectivity index (χ2n) is 4.76. The van der Waals surface area contributed by atoms with Gasteiger partial charge in [0.15, 0.2) is 5.16 Å². The van der Waals surface area contributed by atoms with Crippen molar-refractivity contribution in [3.05, 3.63) is 71.8 Å². The number of rotatable bonds is 5. The average molecular weight is 308 g/mol. The van der Waals surface area contributed by atoms with Crippen LogP contribution >= 0.6 is 11.8 Å². The third-order valence-corrected chi connectivity index (χ3v) is 4.14. The predicted molar refractivity (Wildman–Crippen MR) is 90.7 cm³/mol. The van der Waals surface area contributed by atoms with Crippen molar-refractivity contribution in [2.24, 2.45) is 12.0 Å². The summed E-state index contributed by atoms with van der Waals surface area (Å²) in [5, 5.41) is 5.19. The largest absolute Gasteiger partial charge is 0.269 e. The summed E-state index contributed by atoms with van der Waals surface area (Å²) < 4.78 is 1.77. The second-order valence-corrected chi connectivity index (χ2v) is 5.70. The summed E-state index contributed by atoms with van der Waals surface area (Å²) in [6.45, 7) is 0. The van der Waals surface area contributed by atoms with Crippen molar-refractivity contribution in [3.63, 3.8) is 0 Å². The number of benzene rings is 2. The monoisotopic (exact) mass is 308 g/mol. The Kier molecular flexibility index (Phi) is 4.65. The van der Waals surface area contributed by atoms with E-state index >= 15 is 0 Å². The molecule has 1 aromatic heterocycles. The van der Waals surface area contributed by atoms with Crippen molar-refractivity contribution in [2.45, 2.75) is 10.9 Å². The van der Waals surface area contributed by atoms with Crippen molar-refractivity contribution < 1.29 is 0 Å². The number of hydrogen-bond donors (Lipinski definition) is 0. The first-order chi connectivity index (χ1) is 10.8. The summed E-state index contributed by atoms with van der Waals surface area (Å²) in [5.74, 6) is 1.36. The topological polar surface area (TPSA) is 43.1 Å². The molecule has 0 saturated heterocycles. The van der Waals surface area contributed by atoms with Gasteiger partial charge in [0, 0.05) is 19.0 Å². The Balaban J connectivity index is 1.67. The lowest BCUT2D eigenvalue weighted by atomic mass is 10.2. The Hall–Kier alpha value is -2.40. The molecule has 22 heavy (non-hydrogen) atoms. The maximum Gasteiger partial charge on any atom is 0.269 e. The maximum atomic E-state index is 4.46. The van der Waals surface area contributed by atoms with Crippen LogP contribution in [-0.2, 0) is 12.8 Å². The van der Waals surface area contributed by atoms with Crippen LogP contribution in [0.1, 0.15) is 11.1 Å². The molecule has 0 atom stereocenters. The van der Waals surface area contributed by atoms with Gasteiger partial charge in [-0.15, -0.1) is 5.10 Å². The fourth-order valence-corrected chi connectivity index (χ4v) is 2.79. The fourth-order valence-electron chi connectivity index (χ4n) is 1.93. The minimum absolute atomic E-state index is 0.488.